The molecule has 7 nitrogen and oxygen atoms in total. The third kappa shape index (κ3) is 5.08. The van der Waals surface area contributed by atoms with Crippen LogP contribution in [-0.2, 0) is 13.2 Å². The van der Waals surface area contributed by atoms with Crippen LogP contribution < -0.4 is 10.1 Å². The maximum Gasteiger partial charge on any atom is 0.279 e. The molecule has 0 spiro atoms. The van der Waals surface area contributed by atoms with E-state index in [1.54, 1.807) is 11.6 Å². The summed E-state index contributed by atoms with van der Waals surface area (Å²) in [5, 5.41) is 11.2. The Morgan fingerprint density at radius 3 is 2.62 bits per heavy atom. The van der Waals surface area contributed by atoms with Gasteiger partial charge in [0.05, 0.1) is 16.6 Å². The highest BCUT2D eigenvalue weighted by Crippen LogP contribution is 2.24. The number of amides is 1. The average Bonchev–Trinajstić information content (AvgIpc) is 3.28. The van der Waals surface area contributed by atoms with Gasteiger partial charge in [0.25, 0.3) is 5.91 Å². The molecule has 0 fully saturated rings. The van der Waals surface area contributed by atoms with E-state index >= 15 is 0 Å². The number of benzene rings is 2. The minimum atomic E-state index is -0.411. The number of carbonyl (C=O) groups is 1. The van der Waals surface area contributed by atoms with Gasteiger partial charge in [-0.15, -0.1) is 0 Å². The maximum atomic E-state index is 12.9. The second-order valence-corrected chi connectivity index (χ2v) is 8.49. The molecule has 0 atom stereocenters. The van der Waals surface area contributed by atoms with E-state index in [0.717, 1.165) is 16.9 Å². The lowest BCUT2D eigenvalue weighted by molar-refractivity contribution is 0.101. The topological polar surface area (TPSA) is 82.2 Å². The zero-order chi connectivity index (χ0) is 22.7. The number of aryl methyl sites for hydroxylation is 3. The van der Waals surface area contributed by atoms with Gasteiger partial charge in [0.15, 0.2) is 11.5 Å². The Kier molecular flexibility index (Phi) is 6.41. The Balaban J connectivity index is 1.47. The van der Waals surface area contributed by atoms with Gasteiger partial charge >= 0.3 is 0 Å². The van der Waals surface area contributed by atoms with Crippen molar-refractivity contribution in [2.45, 2.75) is 33.9 Å². The third-order valence-corrected chi connectivity index (χ3v) is 5.53. The largest absolute Gasteiger partial charge is 0.489 e. The van der Waals surface area contributed by atoms with Crippen molar-refractivity contribution in [2.75, 3.05) is 5.32 Å². The Morgan fingerprint density at radius 2 is 1.88 bits per heavy atom. The summed E-state index contributed by atoms with van der Waals surface area (Å²) >= 11 is 3.47. The van der Waals surface area contributed by atoms with E-state index in [4.69, 9.17) is 9.26 Å². The van der Waals surface area contributed by atoms with Crippen LogP contribution in [0.1, 0.15) is 38.5 Å². The lowest BCUT2D eigenvalue weighted by Crippen LogP contribution is -2.16. The summed E-state index contributed by atoms with van der Waals surface area (Å²) in [6.07, 6.45) is 1.83. The van der Waals surface area contributed by atoms with E-state index < -0.39 is 5.91 Å². The Hall–Kier alpha value is -3.39. The molecule has 2 aromatic carbocycles. The van der Waals surface area contributed by atoms with E-state index in [9.17, 15) is 4.79 Å². The lowest BCUT2D eigenvalue weighted by Gasteiger charge is -2.07. The highest BCUT2D eigenvalue weighted by molar-refractivity contribution is 9.10. The molecule has 0 aliphatic rings. The average molecular weight is 495 g/mol. The van der Waals surface area contributed by atoms with Crippen molar-refractivity contribution in [3.63, 3.8) is 0 Å². The molecule has 2 heterocycles. The van der Waals surface area contributed by atoms with E-state index in [1.165, 1.54) is 5.56 Å². The fraction of sp³-hybridized carbons (Fsp3) is 0.208. The lowest BCUT2D eigenvalue weighted by atomic mass is 10.1. The zero-order valence-electron chi connectivity index (χ0n) is 18.1. The molecule has 164 valence electrons. The summed E-state index contributed by atoms with van der Waals surface area (Å²) < 4.78 is 13.6. The van der Waals surface area contributed by atoms with Gasteiger partial charge in [-0.3, -0.25) is 9.48 Å². The van der Waals surface area contributed by atoms with Gasteiger partial charge in [-0.25, -0.2) is 0 Å². The number of ether oxygens (including phenoxy) is 1. The first-order valence-electron chi connectivity index (χ1n) is 10.1. The van der Waals surface area contributed by atoms with Crippen molar-refractivity contribution in [1.29, 1.82) is 0 Å². The fourth-order valence-electron chi connectivity index (χ4n) is 3.33. The summed E-state index contributed by atoms with van der Waals surface area (Å²) in [5.41, 5.74) is 4.17. The third-order valence-electron chi connectivity index (χ3n) is 4.95. The van der Waals surface area contributed by atoms with Crippen molar-refractivity contribution >= 4 is 27.7 Å². The molecular formula is C24H23BrN4O3. The molecule has 0 aliphatic heterocycles. The normalized spacial score (nSPS) is 10.9. The van der Waals surface area contributed by atoms with E-state index in [2.05, 4.69) is 37.6 Å². The zero-order valence-corrected chi connectivity index (χ0v) is 19.6. The number of nitrogens with zero attached hydrogens (tertiary/aromatic N) is 3. The molecule has 1 amide bonds. The fourth-order valence-corrected chi connectivity index (χ4v) is 3.74. The number of halogens is 1. The van der Waals surface area contributed by atoms with Crippen molar-refractivity contribution in [3.8, 4) is 5.75 Å². The maximum absolute atomic E-state index is 12.9. The molecule has 8 heteroatoms. The number of hydrogen-bond acceptors (Lipinski definition) is 5. The monoisotopic (exact) mass is 494 g/mol. The second-order valence-electron chi connectivity index (χ2n) is 7.64. The SMILES string of the molecule is Cc1cccc(Cn2cc(Br)c(NC(=O)c3noc(C)c3COc3cccc(C)c3)n2)c1. The quantitative estimate of drug-likeness (QED) is 0.369. The van der Waals surface area contributed by atoms with Crippen LogP contribution in [0.2, 0.25) is 0 Å². The molecule has 32 heavy (non-hydrogen) atoms. The van der Waals surface area contributed by atoms with Crippen LogP contribution in [0.15, 0.2) is 63.7 Å². The summed E-state index contributed by atoms with van der Waals surface area (Å²) in [6, 6.07) is 15.9. The van der Waals surface area contributed by atoms with Crippen molar-refractivity contribution in [3.05, 3.63) is 92.9 Å². The molecule has 1 N–H and O–H groups in total. The van der Waals surface area contributed by atoms with Crippen LogP contribution in [0.3, 0.4) is 0 Å². The summed E-state index contributed by atoms with van der Waals surface area (Å²) in [5.74, 6) is 1.25. The first-order chi connectivity index (χ1) is 15.4. The standard InChI is InChI=1S/C24H23BrN4O3/c1-15-6-4-8-18(10-15)12-29-13-21(25)23(27-29)26-24(30)22-20(17(3)32-28-22)14-31-19-9-5-7-16(2)11-19/h4-11,13H,12,14H2,1-3H3,(H,26,27,30). The van der Waals surface area contributed by atoms with E-state index in [-0.39, 0.29) is 12.3 Å². The van der Waals surface area contributed by atoms with E-state index in [1.807, 2.05) is 62.5 Å². The number of hydrogen-bond donors (Lipinski definition) is 1. The van der Waals surface area contributed by atoms with E-state index in [0.29, 0.717) is 28.2 Å². The molecule has 0 radical (unpaired) electrons. The highest BCUT2D eigenvalue weighted by atomic mass is 79.9. The Morgan fingerprint density at radius 1 is 1.12 bits per heavy atom. The van der Waals surface area contributed by atoms with Crippen LogP contribution in [0.5, 0.6) is 5.75 Å². The van der Waals surface area contributed by atoms with Crippen LogP contribution in [0.25, 0.3) is 0 Å². The number of rotatable bonds is 7. The van der Waals surface area contributed by atoms with Gasteiger partial charge in [-0.2, -0.15) is 5.10 Å². The predicted octanol–water partition coefficient (Wildman–Crippen LogP) is 5.44. The molecule has 0 bridgehead atoms. The van der Waals surface area contributed by atoms with Crippen LogP contribution >= 0.6 is 15.9 Å². The molecule has 0 aliphatic carbocycles. The van der Waals surface area contributed by atoms with Crippen molar-refractivity contribution in [2.24, 2.45) is 0 Å². The van der Waals surface area contributed by atoms with Crippen LogP contribution in [0.4, 0.5) is 5.82 Å². The highest BCUT2D eigenvalue weighted by Gasteiger charge is 2.22. The Bertz CT molecular complexity index is 1260. The number of carbonyl (C=O) groups excluding carboxylic acids is 1. The number of nitrogens with one attached hydrogen (secondary N) is 1. The smallest absolute Gasteiger partial charge is 0.279 e. The van der Waals surface area contributed by atoms with Gasteiger partial charge in [0, 0.05) is 6.20 Å². The summed E-state index contributed by atoms with van der Waals surface area (Å²) in [7, 11) is 0. The second kappa shape index (κ2) is 9.40. The first kappa shape index (κ1) is 21.8. The van der Waals surface area contributed by atoms with Crippen LogP contribution in [0, 0.1) is 20.8 Å². The van der Waals surface area contributed by atoms with Gasteiger partial charge in [-0.05, 0) is 60.0 Å². The van der Waals surface area contributed by atoms with Gasteiger partial charge < -0.3 is 14.6 Å². The van der Waals surface area contributed by atoms with Gasteiger partial charge in [0.2, 0.25) is 0 Å². The Labute approximate surface area is 194 Å². The van der Waals surface area contributed by atoms with Crippen molar-refractivity contribution in [1.82, 2.24) is 14.9 Å². The first-order valence-corrected chi connectivity index (χ1v) is 10.9. The minimum absolute atomic E-state index is 0.171. The molecule has 4 rings (SSSR count). The molecular weight excluding hydrogens is 472 g/mol. The summed E-state index contributed by atoms with van der Waals surface area (Å²) in [6.45, 7) is 6.56. The predicted molar refractivity (Wildman–Crippen MR) is 125 cm³/mol. The molecule has 0 saturated carbocycles. The number of anilines is 1. The molecule has 0 saturated heterocycles. The summed E-state index contributed by atoms with van der Waals surface area (Å²) in [4.78, 5) is 12.9. The van der Waals surface area contributed by atoms with Gasteiger partial charge in [0.1, 0.15) is 18.1 Å². The molecule has 2 aromatic heterocycles. The molecule has 4 aromatic rings. The minimum Gasteiger partial charge on any atom is -0.489 e. The van der Waals surface area contributed by atoms with Crippen LogP contribution in [-0.4, -0.2) is 20.8 Å². The molecule has 0 unspecified atom stereocenters. The van der Waals surface area contributed by atoms with Crippen molar-refractivity contribution < 1.29 is 14.1 Å². The number of aromatic nitrogens is 3. The van der Waals surface area contributed by atoms with Gasteiger partial charge in [-0.1, -0.05) is 47.1 Å².